The minimum atomic E-state index is 0.125. The predicted molar refractivity (Wildman–Crippen MR) is 116 cm³/mol. The van der Waals surface area contributed by atoms with E-state index in [0.29, 0.717) is 0 Å². The van der Waals surface area contributed by atoms with E-state index in [1.807, 2.05) is 54.6 Å². The monoisotopic (exact) mass is 392 g/mol. The van der Waals surface area contributed by atoms with E-state index in [4.69, 9.17) is 28.2 Å². The van der Waals surface area contributed by atoms with Gasteiger partial charge in [0.15, 0.2) is 0 Å². The lowest BCUT2D eigenvalue weighted by atomic mass is 10.0. The molecule has 3 aromatic rings. The van der Waals surface area contributed by atoms with Crippen molar-refractivity contribution >= 4 is 46.4 Å². The molecule has 0 aliphatic carbocycles. The topological polar surface area (TPSA) is 24.4 Å². The maximum absolute atomic E-state index is 6.06. The van der Waals surface area contributed by atoms with Crippen molar-refractivity contribution in [2.24, 2.45) is 4.99 Å². The van der Waals surface area contributed by atoms with Gasteiger partial charge < -0.3 is 5.32 Å². The zero-order valence-electron chi connectivity index (χ0n) is 14.6. The molecular formula is C23H18Cl2N2. The molecule has 4 rings (SSSR count). The van der Waals surface area contributed by atoms with Crippen LogP contribution < -0.4 is 5.32 Å². The summed E-state index contributed by atoms with van der Waals surface area (Å²) in [7, 11) is 0. The third-order valence-corrected chi connectivity index (χ3v) is 5.03. The Morgan fingerprint density at radius 1 is 0.815 bits per heavy atom. The quantitative estimate of drug-likeness (QED) is 0.495. The van der Waals surface area contributed by atoms with Gasteiger partial charge in [-0.15, -0.1) is 0 Å². The molecule has 2 nitrogen and oxygen atoms in total. The number of halogens is 2. The molecule has 0 bridgehead atoms. The van der Waals surface area contributed by atoms with E-state index in [9.17, 15) is 0 Å². The molecule has 1 heterocycles. The Kier molecular flexibility index (Phi) is 5.28. The lowest BCUT2D eigenvalue weighted by molar-refractivity contribution is 0.830. The molecule has 0 fully saturated rings. The number of anilines is 1. The fourth-order valence-corrected chi connectivity index (χ4v) is 3.36. The molecular weight excluding hydrogens is 375 g/mol. The van der Waals surface area contributed by atoms with Crippen LogP contribution in [0.1, 0.15) is 23.6 Å². The highest BCUT2D eigenvalue weighted by Gasteiger charge is 2.18. The van der Waals surface area contributed by atoms with Gasteiger partial charge in [-0.25, -0.2) is 0 Å². The first-order valence-corrected chi connectivity index (χ1v) is 9.55. The van der Waals surface area contributed by atoms with Crippen molar-refractivity contribution in [1.82, 2.24) is 0 Å². The number of benzene rings is 3. The number of allylic oxidation sites excluding steroid dienone is 1. The number of fused-ring (bicyclic) bond motifs is 1. The van der Waals surface area contributed by atoms with Gasteiger partial charge in [0.1, 0.15) is 0 Å². The van der Waals surface area contributed by atoms with Crippen LogP contribution in [-0.2, 0) is 0 Å². The molecule has 0 saturated carbocycles. The van der Waals surface area contributed by atoms with Gasteiger partial charge >= 0.3 is 0 Å². The van der Waals surface area contributed by atoms with Crippen molar-refractivity contribution in [3.05, 3.63) is 100 Å². The molecule has 4 heteroatoms. The summed E-state index contributed by atoms with van der Waals surface area (Å²) in [5.74, 6) is 0. The average Bonchev–Trinajstić information content (AvgIpc) is 2.87. The van der Waals surface area contributed by atoms with Gasteiger partial charge in [0.25, 0.3) is 0 Å². The molecule has 1 aliphatic heterocycles. The standard InChI is InChI=1S/C23H18Cl2N2/c24-18-10-5-16(6-11-18)7-14-20-15-23(17-8-12-19(25)13-9-17)27-22-4-2-1-3-21(22)26-20/h1-14,23,27H,15H2/b14-7-/t23-/m0/s1. The molecule has 1 N–H and O–H groups in total. The van der Waals surface area contributed by atoms with Crippen LogP contribution in [0.25, 0.3) is 6.08 Å². The maximum Gasteiger partial charge on any atom is 0.0864 e. The normalized spacial score (nSPS) is 16.4. The Morgan fingerprint density at radius 3 is 2.22 bits per heavy atom. The molecule has 0 unspecified atom stereocenters. The van der Waals surface area contributed by atoms with Crippen LogP contribution in [0.4, 0.5) is 11.4 Å². The Balaban J connectivity index is 1.67. The largest absolute Gasteiger partial charge is 0.376 e. The van der Waals surface area contributed by atoms with Crippen molar-refractivity contribution < 1.29 is 0 Å². The third kappa shape index (κ3) is 4.41. The zero-order valence-corrected chi connectivity index (χ0v) is 16.1. The SMILES string of the molecule is Clc1ccc(/C=C\C2=Nc3ccccc3N[C@H](c3ccc(Cl)cc3)C2)cc1. The van der Waals surface area contributed by atoms with Gasteiger partial charge in [-0.3, -0.25) is 4.99 Å². The molecule has 3 aromatic carbocycles. The van der Waals surface area contributed by atoms with Gasteiger partial charge in [-0.2, -0.15) is 0 Å². The fourth-order valence-electron chi connectivity index (χ4n) is 3.11. The highest BCUT2D eigenvalue weighted by molar-refractivity contribution is 6.30. The second-order valence-electron chi connectivity index (χ2n) is 6.46. The number of hydrogen-bond acceptors (Lipinski definition) is 2. The van der Waals surface area contributed by atoms with Crippen LogP contribution in [0.15, 0.2) is 83.9 Å². The summed E-state index contributed by atoms with van der Waals surface area (Å²) in [4.78, 5) is 4.88. The predicted octanol–water partition coefficient (Wildman–Crippen LogP) is 7.34. The second kappa shape index (κ2) is 7.99. The summed E-state index contributed by atoms with van der Waals surface area (Å²) in [5.41, 5.74) is 5.28. The lowest BCUT2D eigenvalue weighted by Crippen LogP contribution is -2.12. The fraction of sp³-hybridized carbons (Fsp3) is 0.0870. The Hall–Kier alpha value is -2.55. The lowest BCUT2D eigenvalue weighted by Gasteiger charge is -2.18. The summed E-state index contributed by atoms with van der Waals surface area (Å²) in [5, 5.41) is 5.10. The van der Waals surface area contributed by atoms with Crippen LogP contribution >= 0.6 is 23.2 Å². The molecule has 0 amide bonds. The van der Waals surface area contributed by atoms with Crippen LogP contribution in [0.3, 0.4) is 0 Å². The Bertz CT molecular complexity index is 990. The second-order valence-corrected chi connectivity index (χ2v) is 7.33. The highest BCUT2D eigenvalue weighted by Crippen LogP contribution is 2.34. The Labute approximate surface area is 169 Å². The summed E-state index contributed by atoms with van der Waals surface area (Å²) < 4.78 is 0. The zero-order chi connectivity index (χ0) is 18.6. The van der Waals surface area contributed by atoms with E-state index >= 15 is 0 Å². The van der Waals surface area contributed by atoms with E-state index in [1.165, 1.54) is 5.56 Å². The van der Waals surface area contributed by atoms with Gasteiger partial charge in [-0.1, -0.05) is 65.7 Å². The molecule has 0 spiro atoms. The van der Waals surface area contributed by atoms with Gasteiger partial charge in [0.05, 0.1) is 17.4 Å². The number of nitrogens with one attached hydrogen (secondary N) is 1. The molecule has 0 aromatic heterocycles. The first kappa shape index (κ1) is 17.8. The number of aliphatic imine (C=N–C) groups is 1. The first-order valence-electron chi connectivity index (χ1n) is 8.80. The summed E-state index contributed by atoms with van der Waals surface area (Å²) in [6.45, 7) is 0. The Morgan fingerprint density at radius 2 is 1.48 bits per heavy atom. The van der Waals surface area contributed by atoms with Gasteiger partial charge in [-0.05, 0) is 53.6 Å². The minimum absolute atomic E-state index is 0.125. The number of nitrogens with zero attached hydrogens (tertiary/aromatic N) is 1. The summed E-state index contributed by atoms with van der Waals surface area (Å²) >= 11 is 12.0. The smallest absolute Gasteiger partial charge is 0.0864 e. The molecule has 1 atom stereocenters. The van der Waals surface area contributed by atoms with Crippen molar-refractivity contribution in [1.29, 1.82) is 0 Å². The van der Waals surface area contributed by atoms with Crippen LogP contribution in [-0.4, -0.2) is 5.71 Å². The van der Waals surface area contributed by atoms with Crippen molar-refractivity contribution in [2.45, 2.75) is 12.5 Å². The molecule has 27 heavy (non-hydrogen) atoms. The van der Waals surface area contributed by atoms with E-state index < -0.39 is 0 Å². The minimum Gasteiger partial charge on any atom is -0.376 e. The van der Waals surface area contributed by atoms with E-state index in [-0.39, 0.29) is 6.04 Å². The van der Waals surface area contributed by atoms with Crippen molar-refractivity contribution in [3.8, 4) is 0 Å². The molecule has 134 valence electrons. The van der Waals surface area contributed by atoms with Gasteiger partial charge in [0, 0.05) is 22.2 Å². The molecule has 0 saturated heterocycles. The number of hydrogen-bond donors (Lipinski definition) is 1. The molecule has 1 aliphatic rings. The van der Waals surface area contributed by atoms with E-state index in [1.54, 1.807) is 0 Å². The summed E-state index contributed by atoms with van der Waals surface area (Å²) in [6.07, 6.45) is 4.93. The van der Waals surface area contributed by atoms with Crippen LogP contribution in [0.2, 0.25) is 10.0 Å². The van der Waals surface area contributed by atoms with E-state index in [2.05, 4.69) is 35.7 Å². The summed E-state index contributed by atoms with van der Waals surface area (Å²) in [6, 6.07) is 24.0. The average molecular weight is 393 g/mol. The number of rotatable bonds is 3. The highest BCUT2D eigenvalue weighted by atomic mass is 35.5. The first-order chi connectivity index (χ1) is 13.2. The molecule has 0 radical (unpaired) electrons. The maximum atomic E-state index is 6.06. The number of para-hydroxylation sites is 2. The third-order valence-electron chi connectivity index (χ3n) is 4.52. The van der Waals surface area contributed by atoms with Gasteiger partial charge in [0.2, 0.25) is 0 Å². The van der Waals surface area contributed by atoms with E-state index in [0.717, 1.165) is 39.1 Å². The van der Waals surface area contributed by atoms with Crippen LogP contribution in [0.5, 0.6) is 0 Å². The van der Waals surface area contributed by atoms with Crippen molar-refractivity contribution in [2.75, 3.05) is 5.32 Å². The van der Waals surface area contributed by atoms with Crippen molar-refractivity contribution in [3.63, 3.8) is 0 Å². The van der Waals surface area contributed by atoms with Crippen LogP contribution in [0, 0.1) is 0 Å².